The van der Waals surface area contributed by atoms with Gasteiger partial charge in [-0.2, -0.15) is 4.31 Å². The van der Waals surface area contributed by atoms with Crippen LogP contribution in [0, 0.1) is 0 Å². The molecule has 0 radical (unpaired) electrons. The van der Waals surface area contributed by atoms with E-state index in [-0.39, 0.29) is 16.8 Å². The zero-order valence-corrected chi connectivity index (χ0v) is 13.9. The Balaban J connectivity index is 1.86. The Kier molecular flexibility index (Phi) is 4.70. The third-order valence-electron chi connectivity index (χ3n) is 4.62. The van der Waals surface area contributed by atoms with E-state index in [1.54, 1.807) is 35.2 Å². The van der Waals surface area contributed by atoms with Gasteiger partial charge in [0, 0.05) is 25.7 Å². The Bertz CT molecular complexity index is 662. The summed E-state index contributed by atoms with van der Waals surface area (Å²) in [5.74, 6) is -0.0999. The van der Waals surface area contributed by atoms with Crippen molar-refractivity contribution >= 4 is 15.9 Å². The van der Waals surface area contributed by atoms with Crippen LogP contribution in [0.5, 0.6) is 0 Å². The Morgan fingerprint density at radius 2 is 1.83 bits per heavy atom. The lowest BCUT2D eigenvalue weighted by molar-refractivity contribution is -0.135. The Labute approximate surface area is 137 Å². The summed E-state index contributed by atoms with van der Waals surface area (Å²) >= 11 is 0. The van der Waals surface area contributed by atoms with E-state index in [4.69, 9.17) is 5.73 Å². The number of nitrogens with two attached hydrogens (primary N) is 1. The zero-order chi connectivity index (χ0) is 16.4. The van der Waals surface area contributed by atoms with Gasteiger partial charge in [-0.1, -0.05) is 24.6 Å². The highest BCUT2D eigenvalue weighted by Crippen LogP contribution is 2.27. The van der Waals surface area contributed by atoms with Crippen LogP contribution in [0.1, 0.15) is 25.7 Å². The van der Waals surface area contributed by atoms with Crippen molar-refractivity contribution < 1.29 is 13.2 Å². The van der Waals surface area contributed by atoms with Gasteiger partial charge in [0.15, 0.2) is 0 Å². The highest BCUT2D eigenvalue weighted by Gasteiger charge is 2.40. The van der Waals surface area contributed by atoms with Gasteiger partial charge >= 0.3 is 0 Å². The normalized spacial score (nSPS) is 26.4. The molecule has 7 heteroatoms. The van der Waals surface area contributed by atoms with E-state index < -0.39 is 16.1 Å². The minimum atomic E-state index is -3.64. The second kappa shape index (κ2) is 6.59. The number of hydrogen-bond donors (Lipinski definition) is 1. The Morgan fingerprint density at radius 1 is 1.09 bits per heavy atom. The molecule has 1 aromatic rings. The van der Waals surface area contributed by atoms with Crippen molar-refractivity contribution in [2.24, 2.45) is 5.73 Å². The molecule has 6 nitrogen and oxygen atoms in total. The highest BCUT2D eigenvalue weighted by atomic mass is 32.2. The molecule has 0 saturated carbocycles. The summed E-state index contributed by atoms with van der Waals surface area (Å²) in [6.45, 7) is 1.54. The molecule has 0 aliphatic carbocycles. The second-order valence-electron chi connectivity index (χ2n) is 6.27. The third-order valence-corrected chi connectivity index (χ3v) is 6.55. The Morgan fingerprint density at radius 3 is 2.48 bits per heavy atom. The van der Waals surface area contributed by atoms with Gasteiger partial charge in [-0.25, -0.2) is 8.42 Å². The molecule has 0 bridgehead atoms. The van der Waals surface area contributed by atoms with Gasteiger partial charge in [-0.15, -0.1) is 0 Å². The minimum absolute atomic E-state index is 0.00159. The molecule has 1 amide bonds. The van der Waals surface area contributed by atoms with E-state index in [0.29, 0.717) is 26.1 Å². The van der Waals surface area contributed by atoms with E-state index >= 15 is 0 Å². The lowest BCUT2D eigenvalue weighted by atomic mass is 10.0. The SMILES string of the molecule is N[C@@H]1CCN(C(=O)C2CCCCN2S(=O)(=O)c2ccccc2)C1. The molecule has 0 spiro atoms. The van der Waals surface area contributed by atoms with Crippen LogP contribution in [0.25, 0.3) is 0 Å². The number of sulfonamides is 1. The summed E-state index contributed by atoms with van der Waals surface area (Å²) in [6.07, 6.45) is 3.02. The van der Waals surface area contributed by atoms with Crippen molar-refractivity contribution in [3.8, 4) is 0 Å². The fourth-order valence-corrected chi connectivity index (χ4v) is 5.04. The number of likely N-dealkylation sites (tertiary alicyclic amines) is 1. The van der Waals surface area contributed by atoms with Crippen molar-refractivity contribution in [1.29, 1.82) is 0 Å². The number of amides is 1. The van der Waals surface area contributed by atoms with Crippen molar-refractivity contribution in [3.63, 3.8) is 0 Å². The standard InChI is InChI=1S/C16H23N3O3S/c17-13-9-11-18(12-13)16(20)15-8-4-5-10-19(15)23(21,22)14-6-2-1-3-7-14/h1-3,6-7,13,15H,4-5,8-12,17H2/t13-,15?/m1/s1. The monoisotopic (exact) mass is 337 g/mol. The van der Waals surface area contributed by atoms with Crippen LogP contribution in [-0.4, -0.2) is 55.2 Å². The van der Waals surface area contributed by atoms with Gasteiger partial charge in [0.2, 0.25) is 15.9 Å². The molecule has 126 valence electrons. The first kappa shape index (κ1) is 16.4. The number of carbonyl (C=O) groups is 1. The van der Waals surface area contributed by atoms with E-state index in [0.717, 1.165) is 19.3 Å². The van der Waals surface area contributed by atoms with E-state index in [1.165, 1.54) is 4.31 Å². The fourth-order valence-electron chi connectivity index (χ4n) is 3.37. The predicted molar refractivity (Wildman–Crippen MR) is 87.1 cm³/mol. The first-order chi connectivity index (χ1) is 11.0. The summed E-state index contributed by atoms with van der Waals surface area (Å²) in [6, 6.07) is 7.75. The number of hydrogen-bond acceptors (Lipinski definition) is 4. The topological polar surface area (TPSA) is 83.7 Å². The molecule has 2 aliphatic rings. The smallest absolute Gasteiger partial charge is 0.243 e. The van der Waals surface area contributed by atoms with Crippen LogP contribution in [0.4, 0.5) is 0 Å². The molecule has 1 unspecified atom stereocenters. The average molecular weight is 337 g/mol. The van der Waals surface area contributed by atoms with Gasteiger partial charge in [-0.3, -0.25) is 4.79 Å². The van der Waals surface area contributed by atoms with Gasteiger partial charge in [0.25, 0.3) is 0 Å². The Hall–Kier alpha value is -1.44. The van der Waals surface area contributed by atoms with Crippen LogP contribution >= 0.6 is 0 Å². The molecule has 2 fully saturated rings. The molecular weight excluding hydrogens is 314 g/mol. The predicted octanol–water partition coefficient (Wildman–Crippen LogP) is 0.789. The van der Waals surface area contributed by atoms with Gasteiger partial charge in [0.05, 0.1) is 4.90 Å². The third kappa shape index (κ3) is 3.27. The maximum Gasteiger partial charge on any atom is 0.243 e. The van der Waals surface area contributed by atoms with Gasteiger partial charge in [0.1, 0.15) is 6.04 Å². The lowest BCUT2D eigenvalue weighted by Gasteiger charge is -2.35. The van der Waals surface area contributed by atoms with E-state index in [1.807, 2.05) is 0 Å². The number of nitrogens with zero attached hydrogens (tertiary/aromatic N) is 2. The summed E-state index contributed by atoms with van der Waals surface area (Å²) < 4.78 is 27.2. The molecule has 2 saturated heterocycles. The van der Waals surface area contributed by atoms with E-state index in [9.17, 15) is 13.2 Å². The maximum atomic E-state index is 12.9. The number of piperidine rings is 1. The van der Waals surface area contributed by atoms with Crippen LogP contribution in [0.3, 0.4) is 0 Å². The van der Waals surface area contributed by atoms with Crippen molar-refractivity contribution in [2.45, 2.75) is 42.7 Å². The molecule has 3 rings (SSSR count). The van der Waals surface area contributed by atoms with E-state index in [2.05, 4.69) is 0 Å². The first-order valence-electron chi connectivity index (χ1n) is 8.11. The maximum absolute atomic E-state index is 12.9. The molecule has 2 atom stereocenters. The largest absolute Gasteiger partial charge is 0.340 e. The molecule has 23 heavy (non-hydrogen) atoms. The zero-order valence-electron chi connectivity index (χ0n) is 13.1. The molecular formula is C16H23N3O3S. The number of benzene rings is 1. The van der Waals surface area contributed by atoms with Crippen molar-refractivity contribution in [3.05, 3.63) is 30.3 Å². The number of carbonyl (C=O) groups excluding carboxylic acids is 1. The summed E-state index contributed by atoms with van der Waals surface area (Å²) in [4.78, 5) is 14.8. The molecule has 2 aliphatic heterocycles. The lowest BCUT2D eigenvalue weighted by Crippen LogP contribution is -2.52. The average Bonchev–Trinajstić information content (AvgIpc) is 3.01. The van der Waals surface area contributed by atoms with Crippen LogP contribution in [0.2, 0.25) is 0 Å². The second-order valence-corrected chi connectivity index (χ2v) is 8.16. The van der Waals surface area contributed by atoms with Crippen LogP contribution in [-0.2, 0) is 14.8 Å². The first-order valence-corrected chi connectivity index (χ1v) is 9.55. The summed E-state index contributed by atoms with van der Waals surface area (Å²) in [7, 11) is -3.64. The van der Waals surface area contributed by atoms with Crippen LogP contribution in [0.15, 0.2) is 35.2 Å². The van der Waals surface area contributed by atoms with Crippen LogP contribution < -0.4 is 5.73 Å². The minimum Gasteiger partial charge on any atom is -0.340 e. The quantitative estimate of drug-likeness (QED) is 0.884. The molecule has 1 aromatic carbocycles. The molecule has 2 heterocycles. The fraction of sp³-hybridized carbons (Fsp3) is 0.562. The van der Waals surface area contributed by atoms with Gasteiger partial charge < -0.3 is 10.6 Å². The molecule has 2 N–H and O–H groups in total. The number of rotatable bonds is 3. The van der Waals surface area contributed by atoms with Crippen molar-refractivity contribution in [1.82, 2.24) is 9.21 Å². The summed E-state index contributed by atoms with van der Waals surface area (Å²) in [5, 5.41) is 0. The summed E-state index contributed by atoms with van der Waals surface area (Å²) in [5.41, 5.74) is 5.88. The molecule has 0 aromatic heterocycles. The van der Waals surface area contributed by atoms with Gasteiger partial charge in [-0.05, 0) is 31.4 Å². The highest BCUT2D eigenvalue weighted by molar-refractivity contribution is 7.89. The van der Waals surface area contributed by atoms with Crippen molar-refractivity contribution in [2.75, 3.05) is 19.6 Å².